The van der Waals surface area contributed by atoms with Crippen molar-refractivity contribution < 1.29 is 28.6 Å². The molecule has 0 bridgehead atoms. The quantitative estimate of drug-likeness (QED) is 0.0349. The van der Waals surface area contributed by atoms with Crippen LogP contribution in [0.2, 0.25) is 0 Å². The molecule has 0 aromatic heterocycles. The Morgan fingerprint density at radius 1 is 0.296 bits per heavy atom. The van der Waals surface area contributed by atoms with Gasteiger partial charge in [0.2, 0.25) is 0 Å². The Hall–Kier alpha value is -1.59. The number of hydrogen-bond acceptors (Lipinski definition) is 6. The van der Waals surface area contributed by atoms with E-state index in [2.05, 4.69) is 20.8 Å². The van der Waals surface area contributed by atoms with Gasteiger partial charge in [0, 0.05) is 19.3 Å². The van der Waals surface area contributed by atoms with E-state index in [-0.39, 0.29) is 31.1 Å². The summed E-state index contributed by atoms with van der Waals surface area (Å²) in [6.07, 6.45) is 45.5. The van der Waals surface area contributed by atoms with E-state index in [0.717, 1.165) is 64.2 Å². The molecule has 6 heteroatoms. The lowest BCUT2D eigenvalue weighted by atomic mass is 10.0. The van der Waals surface area contributed by atoms with Gasteiger partial charge in [-0.25, -0.2) is 0 Å². The van der Waals surface area contributed by atoms with Crippen LogP contribution in [0.4, 0.5) is 0 Å². The van der Waals surface area contributed by atoms with E-state index in [4.69, 9.17) is 14.2 Å². The second-order valence-corrected chi connectivity index (χ2v) is 16.4. The van der Waals surface area contributed by atoms with Crippen molar-refractivity contribution in [2.75, 3.05) is 13.2 Å². The largest absolute Gasteiger partial charge is 0.462 e. The Morgan fingerprint density at radius 2 is 0.500 bits per heavy atom. The standard InChI is InChI=1S/C48H92O6/c1-4-7-10-13-15-17-19-21-22-23-24-25-26-27-29-31-33-36-39-42-48(51)54-45(43-52-46(49)40-37-34-12-9-6-3)44-53-47(50)41-38-35-32-30-28-20-18-16-14-11-8-5-2/h45H,4-44H2,1-3H3/t45-/m1/s1. The maximum atomic E-state index is 12.7. The van der Waals surface area contributed by atoms with Crippen LogP contribution in [0.25, 0.3) is 0 Å². The highest BCUT2D eigenvalue weighted by Gasteiger charge is 2.19. The van der Waals surface area contributed by atoms with Crippen molar-refractivity contribution in [3.63, 3.8) is 0 Å². The summed E-state index contributed by atoms with van der Waals surface area (Å²) in [4.78, 5) is 37.5. The molecule has 0 saturated carbocycles. The van der Waals surface area contributed by atoms with E-state index < -0.39 is 6.10 Å². The maximum Gasteiger partial charge on any atom is 0.306 e. The van der Waals surface area contributed by atoms with Gasteiger partial charge in [0.25, 0.3) is 0 Å². The molecule has 320 valence electrons. The molecule has 0 radical (unpaired) electrons. The predicted octanol–water partition coefficient (Wildman–Crippen LogP) is 15.3. The molecular formula is C48H92O6. The predicted molar refractivity (Wildman–Crippen MR) is 229 cm³/mol. The van der Waals surface area contributed by atoms with Crippen LogP contribution in [0, 0.1) is 0 Å². The zero-order valence-corrected chi connectivity index (χ0v) is 36.5. The molecule has 0 unspecified atom stereocenters. The van der Waals surface area contributed by atoms with Crippen LogP contribution in [-0.4, -0.2) is 37.2 Å². The first-order valence-electron chi connectivity index (χ1n) is 24.0. The molecule has 0 fully saturated rings. The zero-order valence-electron chi connectivity index (χ0n) is 36.5. The molecule has 0 N–H and O–H groups in total. The molecular weight excluding hydrogens is 673 g/mol. The normalized spacial score (nSPS) is 11.8. The van der Waals surface area contributed by atoms with Crippen LogP contribution in [0.1, 0.15) is 271 Å². The average molecular weight is 765 g/mol. The van der Waals surface area contributed by atoms with Crippen molar-refractivity contribution in [2.24, 2.45) is 0 Å². The third-order valence-corrected chi connectivity index (χ3v) is 10.9. The highest BCUT2D eigenvalue weighted by molar-refractivity contribution is 5.71. The number of esters is 3. The van der Waals surface area contributed by atoms with Gasteiger partial charge in [-0.2, -0.15) is 0 Å². The second-order valence-electron chi connectivity index (χ2n) is 16.4. The molecule has 0 amide bonds. The third kappa shape index (κ3) is 41.6. The monoisotopic (exact) mass is 765 g/mol. The Kier molecular flexibility index (Phi) is 42.8. The number of hydrogen-bond donors (Lipinski definition) is 0. The SMILES string of the molecule is CCCCCCCCCCCCCCCCCCCCCC(=O)O[C@H](COC(=O)CCCCCCC)COC(=O)CCCCCCCCCCCCCC. The number of carbonyl (C=O) groups is 3. The fourth-order valence-electron chi connectivity index (χ4n) is 7.21. The molecule has 0 rings (SSSR count). The van der Waals surface area contributed by atoms with Crippen molar-refractivity contribution in [2.45, 2.75) is 277 Å². The third-order valence-electron chi connectivity index (χ3n) is 10.9. The Labute approximate surface area is 336 Å². The number of ether oxygens (including phenoxy) is 3. The lowest BCUT2D eigenvalue weighted by Gasteiger charge is -2.18. The average Bonchev–Trinajstić information content (AvgIpc) is 3.17. The van der Waals surface area contributed by atoms with Gasteiger partial charge in [-0.15, -0.1) is 0 Å². The molecule has 1 atom stereocenters. The minimum atomic E-state index is -0.757. The van der Waals surface area contributed by atoms with E-state index in [1.165, 1.54) is 167 Å². The highest BCUT2D eigenvalue weighted by atomic mass is 16.6. The van der Waals surface area contributed by atoms with Crippen molar-refractivity contribution >= 4 is 17.9 Å². The number of unbranched alkanes of at least 4 members (excludes halogenated alkanes) is 33. The van der Waals surface area contributed by atoms with E-state index in [1.54, 1.807) is 0 Å². The number of rotatable bonds is 44. The lowest BCUT2D eigenvalue weighted by Crippen LogP contribution is -2.30. The summed E-state index contributed by atoms with van der Waals surface area (Å²) in [5.41, 5.74) is 0. The maximum absolute atomic E-state index is 12.7. The zero-order chi connectivity index (χ0) is 39.4. The smallest absolute Gasteiger partial charge is 0.306 e. The van der Waals surface area contributed by atoms with Crippen LogP contribution in [0.3, 0.4) is 0 Å². The Bertz CT molecular complexity index is 798. The highest BCUT2D eigenvalue weighted by Crippen LogP contribution is 2.16. The molecule has 0 aliphatic heterocycles. The Balaban J connectivity index is 4.11. The van der Waals surface area contributed by atoms with Gasteiger partial charge in [-0.05, 0) is 19.3 Å². The molecule has 0 aromatic rings. The first-order valence-corrected chi connectivity index (χ1v) is 24.0. The summed E-state index contributed by atoms with van der Waals surface area (Å²) in [5, 5.41) is 0. The van der Waals surface area contributed by atoms with Crippen LogP contribution in [-0.2, 0) is 28.6 Å². The summed E-state index contributed by atoms with van der Waals surface area (Å²) >= 11 is 0. The molecule has 54 heavy (non-hydrogen) atoms. The van der Waals surface area contributed by atoms with Crippen molar-refractivity contribution in [1.82, 2.24) is 0 Å². The number of carbonyl (C=O) groups excluding carboxylic acids is 3. The van der Waals surface area contributed by atoms with Gasteiger partial charge in [-0.1, -0.05) is 233 Å². The Morgan fingerprint density at radius 3 is 0.741 bits per heavy atom. The van der Waals surface area contributed by atoms with Gasteiger partial charge in [-0.3, -0.25) is 14.4 Å². The van der Waals surface area contributed by atoms with Gasteiger partial charge in [0.1, 0.15) is 13.2 Å². The summed E-state index contributed by atoms with van der Waals surface area (Å²) < 4.78 is 16.6. The first kappa shape index (κ1) is 52.4. The topological polar surface area (TPSA) is 78.9 Å². The molecule has 6 nitrogen and oxygen atoms in total. The fraction of sp³-hybridized carbons (Fsp3) is 0.938. The summed E-state index contributed by atoms with van der Waals surface area (Å²) in [6, 6.07) is 0. The summed E-state index contributed by atoms with van der Waals surface area (Å²) in [5.74, 6) is -0.863. The molecule has 0 saturated heterocycles. The van der Waals surface area contributed by atoms with Crippen molar-refractivity contribution in [3.8, 4) is 0 Å². The van der Waals surface area contributed by atoms with Crippen LogP contribution < -0.4 is 0 Å². The van der Waals surface area contributed by atoms with Crippen molar-refractivity contribution in [3.05, 3.63) is 0 Å². The van der Waals surface area contributed by atoms with E-state index in [9.17, 15) is 14.4 Å². The van der Waals surface area contributed by atoms with Gasteiger partial charge in [0.05, 0.1) is 0 Å². The van der Waals surface area contributed by atoms with Crippen LogP contribution >= 0.6 is 0 Å². The molecule has 0 aromatic carbocycles. The van der Waals surface area contributed by atoms with Gasteiger partial charge >= 0.3 is 17.9 Å². The lowest BCUT2D eigenvalue weighted by molar-refractivity contribution is -0.167. The first-order chi connectivity index (χ1) is 26.5. The molecule has 0 aliphatic rings. The van der Waals surface area contributed by atoms with E-state index in [1.807, 2.05) is 0 Å². The van der Waals surface area contributed by atoms with Gasteiger partial charge in [0.15, 0.2) is 6.10 Å². The molecule has 0 spiro atoms. The van der Waals surface area contributed by atoms with E-state index in [0.29, 0.717) is 19.3 Å². The summed E-state index contributed by atoms with van der Waals surface area (Å²) in [6.45, 7) is 6.58. The van der Waals surface area contributed by atoms with E-state index >= 15 is 0 Å². The van der Waals surface area contributed by atoms with Gasteiger partial charge < -0.3 is 14.2 Å². The van der Waals surface area contributed by atoms with Crippen LogP contribution in [0.5, 0.6) is 0 Å². The molecule has 0 heterocycles. The van der Waals surface area contributed by atoms with Crippen LogP contribution in [0.15, 0.2) is 0 Å². The molecule has 0 aliphatic carbocycles. The minimum absolute atomic E-state index is 0.0637. The summed E-state index contributed by atoms with van der Waals surface area (Å²) in [7, 11) is 0. The minimum Gasteiger partial charge on any atom is -0.462 e. The second kappa shape index (κ2) is 44.1. The van der Waals surface area contributed by atoms with Crippen molar-refractivity contribution in [1.29, 1.82) is 0 Å². The fourth-order valence-corrected chi connectivity index (χ4v) is 7.21.